The molecule has 0 spiro atoms. The topological polar surface area (TPSA) is 75.6 Å². The van der Waals surface area contributed by atoms with Crippen LogP contribution in [0.4, 0.5) is 0 Å². The van der Waals surface area contributed by atoms with Crippen LogP contribution in [0.15, 0.2) is 54.6 Å². The molecule has 2 aromatic rings. The summed E-state index contributed by atoms with van der Waals surface area (Å²) in [5, 5.41) is 11.7. The van der Waals surface area contributed by atoms with Gasteiger partial charge >= 0.3 is 5.97 Å². The maximum atomic E-state index is 12.7. The lowest BCUT2D eigenvalue weighted by atomic mass is 9.84. The molecule has 1 atom stereocenters. The number of carbonyl (C=O) groups is 2. The lowest BCUT2D eigenvalue weighted by Crippen LogP contribution is -2.39. The average molecular weight is 355 g/mol. The largest absolute Gasteiger partial charge is 0.482 e. The number of benzene rings is 2. The number of hydrogen-bond acceptors (Lipinski definition) is 3. The van der Waals surface area contributed by atoms with Gasteiger partial charge in [-0.25, -0.2) is 4.79 Å². The second-order valence-electron chi connectivity index (χ2n) is 6.99. The Labute approximate surface area is 154 Å². The van der Waals surface area contributed by atoms with Crippen LogP contribution >= 0.6 is 0 Å². The molecule has 2 N–H and O–H groups in total. The zero-order chi connectivity index (χ0) is 19.2. The van der Waals surface area contributed by atoms with Crippen LogP contribution in [0, 0.1) is 5.41 Å². The number of amides is 1. The van der Waals surface area contributed by atoms with Gasteiger partial charge in [0, 0.05) is 5.41 Å². The predicted octanol–water partition coefficient (Wildman–Crippen LogP) is 3.60. The molecule has 1 amide bonds. The van der Waals surface area contributed by atoms with E-state index in [2.05, 4.69) is 5.32 Å². The molecule has 0 bridgehead atoms. The number of hydrogen-bond donors (Lipinski definition) is 2. The quantitative estimate of drug-likeness (QED) is 0.759. The van der Waals surface area contributed by atoms with Crippen LogP contribution in [0.25, 0.3) is 0 Å². The number of ether oxygens (including phenoxy) is 1. The Morgan fingerprint density at radius 1 is 1.08 bits per heavy atom. The van der Waals surface area contributed by atoms with Crippen LogP contribution < -0.4 is 10.1 Å². The number of nitrogens with one attached hydrogen (secondary N) is 1. The van der Waals surface area contributed by atoms with Crippen molar-refractivity contribution in [3.63, 3.8) is 0 Å². The molecule has 0 saturated carbocycles. The van der Waals surface area contributed by atoms with Crippen LogP contribution in [0.1, 0.15) is 37.9 Å². The molecule has 0 saturated heterocycles. The highest BCUT2D eigenvalue weighted by Gasteiger charge is 2.29. The molecule has 2 rings (SSSR count). The summed E-state index contributed by atoms with van der Waals surface area (Å²) in [5.74, 6) is -0.547. The summed E-state index contributed by atoms with van der Waals surface area (Å²) in [6.07, 6.45) is 0.661. The van der Waals surface area contributed by atoms with Gasteiger partial charge in [0.15, 0.2) is 6.61 Å². The highest BCUT2D eigenvalue weighted by atomic mass is 16.5. The fourth-order valence-corrected chi connectivity index (χ4v) is 2.66. The van der Waals surface area contributed by atoms with Crippen LogP contribution in [-0.2, 0) is 16.0 Å². The summed E-state index contributed by atoms with van der Waals surface area (Å²) in [6, 6.07) is 16.8. The summed E-state index contributed by atoms with van der Waals surface area (Å²) >= 11 is 0. The number of rotatable bonds is 8. The standard InChI is InChI=1S/C21H25NO4/c1-15(17-9-11-18(12-10-17)26-14-19(23)24)22-20(25)21(2,3)13-16-7-5-4-6-8-16/h4-12,15H,13-14H2,1-3H3,(H,22,25)(H,23,24). The molecule has 0 fully saturated rings. The van der Waals surface area contributed by atoms with Crippen molar-refractivity contribution in [3.05, 3.63) is 65.7 Å². The third-order valence-corrected chi connectivity index (χ3v) is 4.19. The third-order valence-electron chi connectivity index (χ3n) is 4.19. The van der Waals surface area contributed by atoms with E-state index in [0.29, 0.717) is 12.2 Å². The van der Waals surface area contributed by atoms with E-state index < -0.39 is 11.4 Å². The molecule has 5 heteroatoms. The van der Waals surface area contributed by atoms with E-state index in [-0.39, 0.29) is 18.6 Å². The van der Waals surface area contributed by atoms with Crippen molar-refractivity contribution < 1.29 is 19.4 Å². The maximum Gasteiger partial charge on any atom is 0.341 e. The Morgan fingerprint density at radius 3 is 2.27 bits per heavy atom. The third kappa shape index (κ3) is 5.62. The van der Waals surface area contributed by atoms with E-state index in [4.69, 9.17) is 9.84 Å². The van der Waals surface area contributed by atoms with E-state index in [1.165, 1.54) is 0 Å². The lowest BCUT2D eigenvalue weighted by molar-refractivity contribution is -0.139. The Kier molecular flexibility index (Phi) is 6.39. The first-order valence-electron chi connectivity index (χ1n) is 8.57. The summed E-state index contributed by atoms with van der Waals surface area (Å²) in [7, 11) is 0. The Bertz CT molecular complexity index is 738. The van der Waals surface area contributed by atoms with Crippen LogP contribution in [0.5, 0.6) is 5.75 Å². The molecule has 0 aromatic heterocycles. The molecular formula is C21H25NO4. The Hall–Kier alpha value is -2.82. The molecule has 0 radical (unpaired) electrons. The van der Waals surface area contributed by atoms with E-state index in [1.807, 2.05) is 63.2 Å². The van der Waals surface area contributed by atoms with E-state index in [9.17, 15) is 9.59 Å². The van der Waals surface area contributed by atoms with Crippen LogP contribution in [-0.4, -0.2) is 23.6 Å². The summed E-state index contributed by atoms with van der Waals surface area (Å²) < 4.78 is 5.12. The van der Waals surface area contributed by atoms with Crippen molar-refractivity contribution in [2.24, 2.45) is 5.41 Å². The second kappa shape index (κ2) is 8.52. The second-order valence-corrected chi connectivity index (χ2v) is 6.99. The van der Waals surface area contributed by atoms with Crippen molar-refractivity contribution >= 4 is 11.9 Å². The van der Waals surface area contributed by atoms with Crippen LogP contribution in [0.3, 0.4) is 0 Å². The van der Waals surface area contributed by atoms with Gasteiger partial charge in [0.2, 0.25) is 5.91 Å². The summed E-state index contributed by atoms with van der Waals surface area (Å²) in [4.78, 5) is 23.2. The van der Waals surface area contributed by atoms with Crippen molar-refractivity contribution in [1.82, 2.24) is 5.32 Å². The first-order valence-corrected chi connectivity index (χ1v) is 8.57. The fraction of sp³-hybridized carbons (Fsp3) is 0.333. The molecular weight excluding hydrogens is 330 g/mol. The van der Waals surface area contributed by atoms with E-state index in [0.717, 1.165) is 11.1 Å². The average Bonchev–Trinajstić information content (AvgIpc) is 2.60. The molecule has 2 aromatic carbocycles. The number of aliphatic carboxylic acids is 1. The summed E-state index contributed by atoms with van der Waals surface area (Å²) in [6.45, 7) is 5.42. The van der Waals surface area contributed by atoms with Gasteiger partial charge in [-0.3, -0.25) is 4.79 Å². The predicted molar refractivity (Wildman–Crippen MR) is 100 cm³/mol. The van der Waals surface area contributed by atoms with Crippen molar-refractivity contribution in [2.45, 2.75) is 33.2 Å². The highest BCUT2D eigenvalue weighted by Crippen LogP contribution is 2.24. The molecule has 0 aliphatic heterocycles. The van der Waals surface area contributed by atoms with E-state index in [1.54, 1.807) is 12.1 Å². The van der Waals surface area contributed by atoms with Gasteiger partial charge in [-0.1, -0.05) is 56.3 Å². The van der Waals surface area contributed by atoms with Gasteiger partial charge < -0.3 is 15.2 Å². The van der Waals surface area contributed by atoms with Gasteiger partial charge in [0.1, 0.15) is 5.75 Å². The van der Waals surface area contributed by atoms with Gasteiger partial charge in [-0.2, -0.15) is 0 Å². The van der Waals surface area contributed by atoms with Gasteiger partial charge in [0.05, 0.1) is 6.04 Å². The normalized spacial score (nSPS) is 12.3. The first kappa shape index (κ1) is 19.5. The van der Waals surface area contributed by atoms with E-state index >= 15 is 0 Å². The minimum absolute atomic E-state index is 0.0138. The fourth-order valence-electron chi connectivity index (χ4n) is 2.66. The van der Waals surface area contributed by atoms with Gasteiger partial charge in [-0.05, 0) is 36.6 Å². The molecule has 5 nitrogen and oxygen atoms in total. The van der Waals surface area contributed by atoms with Crippen molar-refractivity contribution in [3.8, 4) is 5.75 Å². The first-order chi connectivity index (χ1) is 12.3. The molecule has 0 aliphatic carbocycles. The van der Waals surface area contributed by atoms with Crippen molar-refractivity contribution in [2.75, 3.05) is 6.61 Å². The molecule has 138 valence electrons. The Morgan fingerprint density at radius 2 is 1.69 bits per heavy atom. The van der Waals surface area contributed by atoms with Crippen molar-refractivity contribution in [1.29, 1.82) is 0 Å². The molecule has 1 unspecified atom stereocenters. The summed E-state index contributed by atoms with van der Waals surface area (Å²) in [5.41, 5.74) is 1.52. The maximum absolute atomic E-state index is 12.7. The Balaban J connectivity index is 1.96. The van der Waals surface area contributed by atoms with Crippen LogP contribution in [0.2, 0.25) is 0 Å². The molecule has 26 heavy (non-hydrogen) atoms. The van der Waals surface area contributed by atoms with Gasteiger partial charge in [0.25, 0.3) is 0 Å². The highest BCUT2D eigenvalue weighted by molar-refractivity contribution is 5.82. The monoisotopic (exact) mass is 355 g/mol. The molecule has 0 aliphatic rings. The lowest BCUT2D eigenvalue weighted by Gasteiger charge is -2.26. The zero-order valence-corrected chi connectivity index (χ0v) is 15.4. The molecule has 0 heterocycles. The minimum Gasteiger partial charge on any atom is -0.482 e. The SMILES string of the molecule is CC(NC(=O)C(C)(C)Cc1ccccc1)c1ccc(OCC(=O)O)cc1. The number of carboxylic acids is 1. The van der Waals surface area contributed by atoms with Gasteiger partial charge in [-0.15, -0.1) is 0 Å². The minimum atomic E-state index is -1.02. The smallest absolute Gasteiger partial charge is 0.341 e. The number of carbonyl (C=O) groups excluding carboxylic acids is 1. The number of carboxylic acid groups (broad SMARTS) is 1. The zero-order valence-electron chi connectivity index (χ0n) is 15.4.